The van der Waals surface area contributed by atoms with Gasteiger partial charge in [-0.25, -0.2) is 19.9 Å². The monoisotopic (exact) mass is 728 g/mol. The molecule has 10 aromatic rings. The maximum absolute atomic E-state index is 5.36. The first kappa shape index (κ1) is 33.1. The zero-order valence-electron chi connectivity index (χ0n) is 31.6. The van der Waals surface area contributed by atoms with Crippen LogP contribution in [0.15, 0.2) is 182 Å². The average Bonchev–Trinajstić information content (AvgIpc) is 3.51. The molecular formula is C53H36N4. The second-order valence-corrected chi connectivity index (χ2v) is 15.5. The normalized spacial score (nSPS) is 12.9. The predicted molar refractivity (Wildman–Crippen MR) is 235 cm³/mol. The van der Waals surface area contributed by atoms with Crippen LogP contribution in [-0.2, 0) is 5.41 Å². The molecule has 0 saturated carbocycles. The quantitative estimate of drug-likeness (QED) is 0.166. The van der Waals surface area contributed by atoms with Crippen molar-refractivity contribution < 1.29 is 0 Å². The molecule has 0 saturated heterocycles. The third-order valence-corrected chi connectivity index (χ3v) is 11.7. The first-order valence-electron chi connectivity index (χ1n) is 19.5. The van der Waals surface area contributed by atoms with Gasteiger partial charge in [-0.1, -0.05) is 166 Å². The Morgan fingerprint density at radius 1 is 0.351 bits per heavy atom. The lowest BCUT2D eigenvalue weighted by molar-refractivity contribution is 0.661. The van der Waals surface area contributed by atoms with Gasteiger partial charge >= 0.3 is 0 Å². The van der Waals surface area contributed by atoms with E-state index in [0.29, 0.717) is 17.5 Å². The molecule has 1 aliphatic rings. The fourth-order valence-electron chi connectivity index (χ4n) is 8.83. The minimum absolute atomic E-state index is 0.124. The van der Waals surface area contributed by atoms with Gasteiger partial charge in [0, 0.05) is 38.4 Å². The van der Waals surface area contributed by atoms with Gasteiger partial charge in [0.05, 0.1) is 11.2 Å². The number of para-hydroxylation sites is 1. The van der Waals surface area contributed by atoms with Crippen molar-refractivity contribution in [1.82, 2.24) is 19.9 Å². The van der Waals surface area contributed by atoms with Crippen LogP contribution >= 0.6 is 0 Å². The van der Waals surface area contributed by atoms with Crippen LogP contribution in [0.2, 0.25) is 0 Å². The summed E-state index contributed by atoms with van der Waals surface area (Å²) in [4.78, 5) is 20.7. The van der Waals surface area contributed by atoms with E-state index in [1.54, 1.807) is 0 Å². The van der Waals surface area contributed by atoms with Gasteiger partial charge in [-0.05, 0) is 79.9 Å². The van der Waals surface area contributed by atoms with E-state index in [2.05, 4.69) is 159 Å². The van der Waals surface area contributed by atoms with E-state index in [4.69, 9.17) is 19.9 Å². The summed E-state index contributed by atoms with van der Waals surface area (Å²) in [6.45, 7) is 4.69. The first-order chi connectivity index (χ1) is 28.0. The molecule has 268 valence electrons. The Hall–Kier alpha value is -7.30. The van der Waals surface area contributed by atoms with Gasteiger partial charge in [-0.3, -0.25) is 0 Å². The fraction of sp³-hybridized carbons (Fsp3) is 0.0566. The lowest BCUT2D eigenvalue weighted by atomic mass is 9.82. The van der Waals surface area contributed by atoms with E-state index < -0.39 is 0 Å². The number of rotatable bonds is 5. The molecule has 2 heterocycles. The van der Waals surface area contributed by atoms with E-state index in [-0.39, 0.29) is 5.41 Å². The minimum atomic E-state index is -0.124. The van der Waals surface area contributed by atoms with Gasteiger partial charge in [-0.15, -0.1) is 0 Å². The third kappa shape index (κ3) is 5.44. The number of aromatic nitrogens is 4. The summed E-state index contributed by atoms with van der Waals surface area (Å²) in [5.41, 5.74) is 13.0. The molecule has 11 rings (SSSR count). The molecule has 0 radical (unpaired) electrons. The number of hydrogen-bond donors (Lipinski definition) is 0. The lowest BCUT2D eigenvalue weighted by Crippen LogP contribution is -2.14. The van der Waals surface area contributed by atoms with Crippen LogP contribution in [0.25, 0.3) is 100 Å². The summed E-state index contributed by atoms with van der Waals surface area (Å²) in [5.74, 6) is 1.86. The van der Waals surface area contributed by atoms with E-state index in [9.17, 15) is 0 Å². The second-order valence-electron chi connectivity index (χ2n) is 15.5. The van der Waals surface area contributed by atoms with Crippen LogP contribution in [-0.4, -0.2) is 19.9 Å². The Balaban J connectivity index is 1.18. The van der Waals surface area contributed by atoms with Gasteiger partial charge in [0.15, 0.2) is 17.5 Å². The summed E-state index contributed by atoms with van der Waals surface area (Å²) in [7, 11) is 0. The highest BCUT2D eigenvalue weighted by Gasteiger charge is 2.36. The fourth-order valence-corrected chi connectivity index (χ4v) is 8.83. The van der Waals surface area contributed by atoms with E-state index in [1.165, 1.54) is 38.4 Å². The molecule has 0 bridgehead atoms. The van der Waals surface area contributed by atoms with Crippen molar-refractivity contribution in [3.8, 4) is 67.7 Å². The van der Waals surface area contributed by atoms with Crippen molar-refractivity contribution >= 4 is 32.4 Å². The van der Waals surface area contributed by atoms with Crippen LogP contribution in [0.1, 0.15) is 25.0 Å². The average molecular weight is 729 g/mol. The maximum atomic E-state index is 5.36. The SMILES string of the molecule is CC1(C)c2ccc(-c3cc(-c4nc(-c5ccccc5)nc(-c5ccccc5)n4)cc(-c4nc5ccccc5c5ccccc45)c3)cc2-c2c1ccc1ccccc21. The first-order valence-corrected chi connectivity index (χ1v) is 19.5. The molecular weight excluding hydrogens is 693 g/mol. The van der Waals surface area contributed by atoms with Gasteiger partial charge in [-0.2, -0.15) is 0 Å². The molecule has 2 aromatic heterocycles. The van der Waals surface area contributed by atoms with Crippen molar-refractivity contribution in [2.24, 2.45) is 0 Å². The Kier molecular flexibility index (Phi) is 7.48. The largest absolute Gasteiger partial charge is 0.247 e. The summed E-state index contributed by atoms with van der Waals surface area (Å²) >= 11 is 0. The van der Waals surface area contributed by atoms with Crippen molar-refractivity contribution in [2.45, 2.75) is 19.3 Å². The van der Waals surface area contributed by atoms with Crippen LogP contribution in [0, 0.1) is 0 Å². The predicted octanol–water partition coefficient (Wildman–Crippen LogP) is 13.4. The molecule has 0 amide bonds. The van der Waals surface area contributed by atoms with Crippen molar-refractivity contribution in [3.63, 3.8) is 0 Å². The standard InChI is InChI=1S/C53H36N4/c1-53(2)45-27-26-36(32-44(45)48-40-20-10-9-15-33(40)25-28-46(48)53)37-29-38(49-43-23-12-11-21-41(43)42-22-13-14-24-47(42)54-49)31-39(30-37)52-56-50(34-16-5-3-6-17-34)55-51(57-52)35-18-7-4-8-19-35/h3-32H,1-2H3. The Bertz CT molecular complexity index is 3150. The van der Waals surface area contributed by atoms with Crippen LogP contribution in [0.5, 0.6) is 0 Å². The van der Waals surface area contributed by atoms with Crippen LogP contribution in [0.3, 0.4) is 0 Å². The van der Waals surface area contributed by atoms with Crippen LogP contribution < -0.4 is 0 Å². The van der Waals surface area contributed by atoms with E-state index >= 15 is 0 Å². The third-order valence-electron chi connectivity index (χ3n) is 11.7. The number of fused-ring (bicyclic) bond motifs is 8. The second kappa shape index (κ2) is 12.9. The Morgan fingerprint density at radius 2 is 0.895 bits per heavy atom. The van der Waals surface area contributed by atoms with Gasteiger partial charge in [0.25, 0.3) is 0 Å². The molecule has 0 spiro atoms. The number of hydrogen-bond acceptors (Lipinski definition) is 4. The van der Waals surface area contributed by atoms with Crippen LogP contribution in [0.4, 0.5) is 0 Å². The topological polar surface area (TPSA) is 51.6 Å². The minimum Gasteiger partial charge on any atom is -0.247 e. The Morgan fingerprint density at radius 3 is 1.61 bits per heavy atom. The van der Waals surface area contributed by atoms with E-state index in [0.717, 1.165) is 55.4 Å². The van der Waals surface area contributed by atoms with Crippen molar-refractivity contribution in [3.05, 3.63) is 193 Å². The molecule has 4 nitrogen and oxygen atoms in total. The molecule has 0 atom stereocenters. The zero-order chi connectivity index (χ0) is 38.1. The number of nitrogens with zero attached hydrogens (tertiary/aromatic N) is 4. The summed E-state index contributed by atoms with van der Waals surface area (Å²) in [6.07, 6.45) is 0. The number of benzene rings is 8. The molecule has 0 unspecified atom stereocenters. The molecule has 8 aromatic carbocycles. The summed E-state index contributed by atoms with van der Waals surface area (Å²) < 4.78 is 0. The summed E-state index contributed by atoms with van der Waals surface area (Å²) in [6, 6.07) is 64.3. The summed E-state index contributed by atoms with van der Waals surface area (Å²) in [5, 5.41) is 5.94. The molecule has 4 heteroatoms. The molecule has 0 fully saturated rings. The maximum Gasteiger partial charge on any atom is 0.164 e. The molecule has 0 N–H and O–H groups in total. The molecule has 1 aliphatic carbocycles. The van der Waals surface area contributed by atoms with Gasteiger partial charge in [0.1, 0.15) is 0 Å². The van der Waals surface area contributed by atoms with Crippen molar-refractivity contribution in [1.29, 1.82) is 0 Å². The van der Waals surface area contributed by atoms with Gasteiger partial charge in [0.2, 0.25) is 0 Å². The zero-order valence-corrected chi connectivity index (χ0v) is 31.6. The van der Waals surface area contributed by atoms with Gasteiger partial charge < -0.3 is 0 Å². The highest BCUT2D eigenvalue weighted by Crippen LogP contribution is 2.52. The van der Waals surface area contributed by atoms with Crippen molar-refractivity contribution in [2.75, 3.05) is 0 Å². The van der Waals surface area contributed by atoms with E-state index in [1.807, 2.05) is 36.4 Å². The molecule has 57 heavy (non-hydrogen) atoms. The molecule has 0 aliphatic heterocycles. The lowest BCUT2D eigenvalue weighted by Gasteiger charge is -2.21. The Labute approximate surface area is 331 Å². The highest BCUT2D eigenvalue weighted by atomic mass is 15.0. The number of pyridine rings is 1. The highest BCUT2D eigenvalue weighted by molar-refractivity contribution is 6.11. The smallest absolute Gasteiger partial charge is 0.164 e.